The summed E-state index contributed by atoms with van der Waals surface area (Å²) in [5.41, 5.74) is 1.57. The molecular weight excluding hydrogens is 238 g/mol. The average Bonchev–Trinajstić information content (AvgIpc) is 2.40. The van der Waals surface area contributed by atoms with Crippen molar-refractivity contribution in [3.63, 3.8) is 0 Å². The van der Waals surface area contributed by atoms with Gasteiger partial charge < -0.3 is 14.2 Å². The lowest BCUT2D eigenvalue weighted by Gasteiger charge is -2.09. The van der Waals surface area contributed by atoms with Gasteiger partial charge in [0, 0.05) is 12.7 Å². The van der Waals surface area contributed by atoms with Crippen LogP contribution in [-0.2, 0) is 20.8 Å². The summed E-state index contributed by atoms with van der Waals surface area (Å²) in [6.45, 7) is 0.506. The van der Waals surface area contributed by atoms with Crippen molar-refractivity contribution in [2.24, 2.45) is 0 Å². The fourth-order valence-corrected chi connectivity index (χ4v) is 1.32. The zero-order valence-electron chi connectivity index (χ0n) is 10.3. The van der Waals surface area contributed by atoms with Crippen LogP contribution in [0.25, 0.3) is 0 Å². The van der Waals surface area contributed by atoms with E-state index in [4.69, 9.17) is 9.47 Å². The van der Waals surface area contributed by atoms with Gasteiger partial charge in [-0.2, -0.15) is 0 Å². The average molecular weight is 253 g/mol. The van der Waals surface area contributed by atoms with Gasteiger partial charge in [-0.15, -0.1) is 0 Å². The molecule has 0 aliphatic carbocycles. The summed E-state index contributed by atoms with van der Waals surface area (Å²) in [5.74, 6) is 0. The molecule has 6 nitrogen and oxygen atoms in total. The number of rotatable bonds is 6. The van der Waals surface area contributed by atoms with Gasteiger partial charge in [0.05, 0.1) is 19.4 Å². The monoisotopic (exact) mass is 253 g/mol. The number of benzene rings is 1. The molecule has 0 saturated carbocycles. The first-order valence-electron chi connectivity index (χ1n) is 5.21. The van der Waals surface area contributed by atoms with Crippen LogP contribution < -0.4 is 5.32 Å². The van der Waals surface area contributed by atoms with Gasteiger partial charge >= 0.3 is 6.09 Å². The second-order valence-corrected chi connectivity index (χ2v) is 3.41. The molecule has 1 amide bonds. The number of methoxy groups -OCH3 is 2. The molecule has 98 valence electrons. The van der Waals surface area contributed by atoms with E-state index in [-0.39, 0.29) is 6.79 Å². The third kappa shape index (κ3) is 4.15. The van der Waals surface area contributed by atoms with Crippen LogP contribution in [0, 0.1) is 0 Å². The molecule has 1 rings (SSSR count). The zero-order valence-corrected chi connectivity index (χ0v) is 10.3. The predicted molar refractivity (Wildman–Crippen MR) is 64.5 cm³/mol. The van der Waals surface area contributed by atoms with Crippen LogP contribution in [0.5, 0.6) is 0 Å². The number of nitrogens with one attached hydrogen (secondary N) is 1. The molecule has 18 heavy (non-hydrogen) atoms. The molecule has 0 aliphatic heterocycles. The molecule has 0 unspecified atom stereocenters. The summed E-state index contributed by atoms with van der Waals surface area (Å²) in [7, 11) is 2.78. The van der Waals surface area contributed by atoms with Gasteiger partial charge in [0.25, 0.3) is 0 Å². The van der Waals surface area contributed by atoms with Crippen LogP contribution >= 0.6 is 0 Å². The summed E-state index contributed by atoms with van der Waals surface area (Å²) < 4.78 is 14.4. The van der Waals surface area contributed by atoms with Gasteiger partial charge in [0.1, 0.15) is 6.79 Å². The van der Waals surface area contributed by atoms with Crippen molar-refractivity contribution in [1.29, 1.82) is 0 Å². The first-order valence-corrected chi connectivity index (χ1v) is 5.21. The molecule has 0 bridgehead atoms. The molecule has 0 atom stereocenters. The van der Waals surface area contributed by atoms with Gasteiger partial charge in [-0.25, -0.2) is 4.79 Å². The Morgan fingerprint density at radius 2 is 2.17 bits per heavy atom. The second kappa shape index (κ2) is 7.41. The molecule has 1 N–H and O–H groups in total. The minimum absolute atomic E-state index is 0.179. The Morgan fingerprint density at radius 1 is 1.39 bits per heavy atom. The highest BCUT2D eigenvalue weighted by Gasteiger charge is 2.07. The van der Waals surface area contributed by atoms with E-state index in [1.54, 1.807) is 18.2 Å². The molecule has 1 aromatic rings. The lowest BCUT2D eigenvalue weighted by atomic mass is 10.1. The highest BCUT2D eigenvalue weighted by atomic mass is 16.7. The molecule has 0 fully saturated rings. The minimum atomic E-state index is -0.624. The van der Waals surface area contributed by atoms with Crippen LogP contribution in [-0.4, -0.2) is 33.4 Å². The Labute approximate surface area is 105 Å². The third-order valence-corrected chi connectivity index (χ3v) is 2.13. The summed E-state index contributed by atoms with van der Waals surface area (Å²) >= 11 is 0. The third-order valence-electron chi connectivity index (χ3n) is 2.13. The standard InChI is InChI=1S/C12H15NO5/c1-16-8-18-7-9-3-4-11(10(5-9)6-14)13-12(15)17-2/h3-6H,7-8H2,1-2H3,(H,13,15). The SMILES string of the molecule is COCOCc1ccc(NC(=O)OC)c(C=O)c1. The highest BCUT2D eigenvalue weighted by molar-refractivity contribution is 5.93. The van der Waals surface area contributed by atoms with Crippen molar-refractivity contribution in [3.05, 3.63) is 29.3 Å². The molecule has 0 heterocycles. The van der Waals surface area contributed by atoms with Gasteiger partial charge in [0.15, 0.2) is 6.29 Å². The number of anilines is 1. The maximum Gasteiger partial charge on any atom is 0.411 e. The van der Waals surface area contributed by atoms with Crippen molar-refractivity contribution >= 4 is 18.1 Å². The lowest BCUT2D eigenvalue weighted by molar-refractivity contribution is -0.0390. The Hall–Kier alpha value is -1.92. The summed E-state index contributed by atoms with van der Waals surface area (Å²) in [5, 5.41) is 2.45. The minimum Gasteiger partial charge on any atom is -0.453 e. The van der Waals surface area contributed by atoms with Crippen LogP contribution in [0.3, 0.4) is 0 Å². The summed E-state index contributed by atoms with van der Waals surface area (Å²) in [6.07, 6.45) is 0.0342. The highest BCUT2D eigenvalue weighted by Crippen LogP contribution is 2.16. The predicted octanol–water partition coefficient (Wildman–Crippen LogP) is 1.80. The zero-order chi connectivity index (χ0) is 13.4. The van der Waals surface area contributed by atoms with Crippen molar-refractivity contribution in [3.8, 4) is 0 Å². The van der Waals surface area contributed by atoms with Crippen LogP contribution in [0.4, 0.5) is 10.5 Å². The maximum atomic E-state index is 11.1. The molecule has 0 aliphatic rings. The smallest absolute Gasteiger partial charge is 0.411 e. The van der Waals surface area contributed by atoms with Crippen LogP contribution in [0.1, 0.15) is 15.9 Å². The Kier molecular flexibility index (Phi) is 5.83. The normalized spacial score (nSPS) is 9.89. The molecule has 0 aromatic heterocycles. The van der Waals surface area contributed by atoms with E-state index in [0.29, 0.717) is 24.1 Å². The van der Waals surface area contributed by atoms with Crippen LogP contribution in [0.2, 0.25) is 0 Å². The molecule has 1 aromatic carbocycles. The Balaban J connectivity index is 2.76. The molecular formula is C12H15NO5. The number of aldehydes is 1. The van der Waals surface area contributed by atoms with E-state index in [0.717, 1.165) is 5.56 Å². The molecule has 6 heteroatoms. The first kappa shape index (κ1) is 14.1. The van der Waals surface area contributed by atoms with Crippen molar-refractivity contribution in [2.75, 3.05) is 26.3 Å². The quantitative estimate of drug-likeness (QED) is 0.475. The van der Waals surface area contributed by atoms with Gasteiger partial charge in [-0.3, -0.25) is 10.1 Å². The topological polar surface area (TPSA) is 73.9 Å². The second-order valence-electron chi connectivity index (χ2n) is 3.41. The fraction of sp³-hybridized carbons (Fsp3) is 0.333. The molecule has 0 spiro atoms. The number of carbonyl (C=O) groups is 2. The van der Waals surface area contributed by atoms with E-state index < -0.39 is 6.09 Å². The largest absolute Gasteiger partial charge is 0.453 e. The fourth-order valence-electron chi connectivity index (χ4n) is 1.32. The summed E-state index contributed by atoms with van der Waals surface area (Å²) in [4.78, 5) is 22.0. The Bertz CT molecular complexity index is 419. The van der Waals surface area contributed by atoms with Crippen molar-refractivity contribution in [1.82, 2.24) is 0 Å². The first-order chi connectivity index (χ1) is 8.71. The molecule has 0 saturated heterocycles. The summed E-state index contributed by atoms with van der Waals surface area (Å²) in [6, 6.07) is 4.99. The number of hydrogen-bond acceptors (Lipinski definition) is 5. The number of hydrogen-bond donors (Lipinski definition) is 1. The van der Waals surface area contributed by atoms with Gasteiger partial charge in [0.2, 0.25) is 0 Å². The number of carbonyl (C=O) groups excluding carboxylic acids is 2. The molecule has 0 radical (unpaired) electrons. The van der Waals surface area contributed by atoms with Gasteiger partial charge in [-0.05, 0) is 17.7 Å². The number of amides is 1. The van der Waals surface area contributed by atoms with E-state index in [9.17, 15) is 9.59 Å². The maximum absolute atomic E-state index is 11.1. The van der Waals surface area contributed by atoms with E-state index in [1.165, 1.54) is 14.2 Å². The van der Waals surface area contributed by atoms with E-state index in [1.807, 2.05) is 0 Å². The lowest BCUT2D eigenvalue weighted by Crippen LogP contribution is -2.12. The number of ether oxygens (including phenoxy) is 3. The van der Waals surface area contributed by atoms with E-state index >= 15 is 0 Å². The van der Waals surface area contributed by atoms with Crippen LogP contribution in [0.15, 0.2) is 18.2 Å². The van der Waals surface area contributed by atoms with Crippen molar-refractivity contribution < 1.29 is 23.8 Å². The van der Waals surface area contributed by atoms with Crippen molar-refractivity contribution in [2.45, 2.75) is 6.61 Å². The van der Waals surface area contributed by atoms with E-state index in [2.05, 4.69) is 10.1 Å². The Morgan fingerprint density at radius 3 is 2.78 bits per heavy atom. The van der Waals surface area contributed by atoms with Gasteiger partial charge in [-0.1, -0.05) is 6.07 Å².